The van der Waals surface area contributed by atoms with Crippen molar-refractivity contribution in [1.29, 1.82) is 5.26 Å². The van der Waals surface area contributed by atoms with Gasteiger partial charge in [-0.15, -0.1) is 0 Å². The van der Waals surface area contributed by atoms with Crippen molar-refractivity contribution < 1.29 is 9.53 Å². The van der Waals surface area contributed by atoms with E-state index in [0.717, 1.165) is 42.6 Å². The number of carbonyl (C=O) groups excluding carboxylic acids is 1. The Morgan fingerprint density at radius 3 is 2.77 bits per heavy atom. The quantitative estimate of drug-likeness (QED) is 0.236. The zero-order valence-electron chi connectivity index (χ0n) is 24.2. The Kier molecular flexibility index (Phi) is 7.52. The Bertz CT molecular complexity index is 1850. The highest BCUT2D eigenvalue weighted by Crippen LogP contribution is 2.33. The van der Waals surface area contributed by atoms with Crippen molar-refractivity contribution in [2.45, 2.75) is 51.7 Å². The molecule has 0 saturated carbocycles. The number of aromatic nitrogens is 6. The maximum atomic E-state index is 13.1. The number of pyridine rings is 2. The summed E-state index contributed by atoms with van der Waals surface area (Å²) in [6.45, 7) is 6.28. The van der Waals surface area contributed by atoms with Crippen LogP contribution in [0.5, 0.6) is 0 Å². The van der Waals surface area contributed by atoms with Gasteiger partial charge in [0.1, 0.15) is 41.2 Å². The zero-order valence-corrected chi connectivity index (χ0v) is 24.2. The van der Waals surface area contributed by atoms with Crippen LogP contribution in [0.4, 0.5) is 17.5 Å². The van der Waals surface area contributed by atoms with Crippen molar-refractivity contribution in [3.05, 3.63) is 84.1 Å². The Balaban J connectivity index is 1.28. The van der Waals surface area contributed by atoms with Crippen molar-refractivity contribution in [2.24, 2.45) is 0 Å². The first-order chi connectivity index (χ1) is 20.8. The molecule has 1 fully saturated rings. The van der Waals surface area contributed by atoms with Crippen LogP contribution in [0.1, 0.15) is 60.8 Å². The SMILES string of the molecule is Cc1ccc(NC(=O)c2cccc(C(C)(C)C#N)c2)nc1Nc1ncccc1-c1ncnc2c1ncn2C1CCCCO1. The maximum absolute atomic E-state index is 13.1. The number of fused-ring (bicyclic) bond motifs is 1. The van der Waals surface area contributed by atoms with Crippen LogP contribution in [0, 0.1) is 18.3 Å². The highest BCUT2D eigenvalue weighted by Gasteiger charge is 2.23. The summed E-state index contributed by atoms with van der Waals surface area (Å²) >= 11 is 0. The molecule has 0 bridgehead atoms. The maximum Gasteiger partial charge on any atom is 0.256 e. The topological polar surface area (TPSA) is 144 Å². The number of ether oxygens (including phenoxy) is 1. The lowest BCUT2D eigenvalue weighted by atomic mass is 9.85. The van der Waals surface area contributed by atoms with Gasteiger partial charge in [-0.1, -0.05) is 18.2 Å². The number of anilines is 3. The van der Waals surface area contributed by atoms with Crippen molar-refractivity contribution in [3.63, 3.8) is 0 Å². The Morgan fingerprint density at radius 2 is 1.95 bits per heavy atom. The summed E-state index contributed by atoms with van der Waals surface area (Å²) in [5, 5.41) is 15.7. The third kappa shape index (κ3) is 5.65. The van der Waals surface area contributed by atoms with E-state index in [4.69, 9.17) is 4.74 Å². The van der Waals surface area contributed by atoms with Crippen LogP contribution in [0.3, 0.4) is 0 Å². The molecule has 1 aliphatic rings. The number of carbonyl (C=O) groups is 1. The summed E-state index contributed by atoms with van der Waals surface area (Å²) in [6.07, 6.45) is 7.94. The lowest BCUT2D eigenvalue weighted by Gasteiger charge is -2.23. The molecular formula is C32H31N9O2. The van der Waals surface area contributed by atoms with E-state index in [9.17, 15) is 10.1 Å². The molecule has 0 aliphatic carbocycles. The molecule has 5 aromatic rings. The summed E-state index contributed by atoms with van der Waals surface area (Å²) in [6, 6.07) is 16.7. The van der Waals surface area contributed by atoms with Gasteiger partial charge < -0.3 is 15.4 Å². The van der Waals surface area contributed by atoms with Crippen LogP contribution in [0.25, 0.3) is 22.4 Å². The number of hydrogen-bond donors (Lipinski definition) is 2. The number of hydrogen-bond acceptors (Lipinski definition) is 9. The number of amides is 1. The van der Waals surface area contributed by atoms with Crippen LogP contribution in [-0.2, 0) is 10.2 Å². The molecule has 1 atom stereocenters. The lowest BCUT2D eigenvalue weighted by Crippen LogP contribution is -2.17. The number of nitrogens with one attached hydrogen (secondary N) is 2. The Morgan fingerprint density at radius 1 is 1.07 bits per heavy atom. The molecule has 1 aliphatic heterocycles. The number of benzene rings is 1. The molecule has 11 nitrogen and oxygen atoms in total. The third-order valence-corrected chi connectivity index (χ3v) is 7.59. The minimum Gasteiger partial charge on any atom is -0.358 e. The minimum atomic E-state index is -0.715. The van der Waals surface area contributed by atoms with Gasteiger partial charge in [0.2, 0.25) is 0 Å². The number of aryl methyl sites for hydroxylation is 1. The van der Waals surface area contributed by atoms with Crippen LogP contribution in [0.2, 0.25) is 0 Å². The summed E-state index contributed by atoms with van der Waals surface area (Å²) in [7, 11) is 0. The van der Waals surface area contributed by atoms with Gasteiger partial charge in [-0.3, -0.25) is 9.36 Å². The standard InChI is InChI=1S/C32H31N9O2/c1-20-12-13-24(39-31(42)21-8-6-9-22(16-21)32(2,3)17-33)38-28(20)40-29-23(10-7-14-34-29)26-27-30(36-18-35-26)41(19-37-27)25-11-4-5-15-43-25/h6-10,12-14,16,18-19,25H,4-5,11,15H2,1-3H3,(H2,34,38,39,40,42). The predicted octanol–water partition coefficient (Wildman–Crippen LogP) is 6.09. The fourth-order valence-electron chi connectivity index (χ4n) is 5.04. The van der Waals surface area contributed by atoms with Gasteiger partial charge in [-0.05, 0) is 81.5 Å². The first kappa shape index (κ1) is 27.9. The molecule has 1 amide bonds. The van der Waals surface area contributed by atoms with Gasteiger partial charge >= 0.3 is 0 Å². The molecule has 216 valence electrons. The van der Waals surface area contributed by atoms with Crippen LogP contribution >= 0.6 is 0 Å². The zero-order chi connectivity index (χ0) is 30.0. The first-order valence-corrected chi connectivity index (χ1v) is 14.2. The molecule has 43 heavy (non-hydrogen) atoms. The number of nitrogens with zero attached hydrogens (tertiary/aromatic N) is 7. The Hall–Kier alpha value is -5.21. The van der Waals surface area contributed by atoms with Crippen molar-refractivity contribution in [2.75, 3.05) is 17.2 Å². The first-order valence-electron chi connectivity index (χ1n) is 14.2. The smallest absolute Gasteiger partial charge is 0.256 e. The monoisotopic (exact) mass is 573 g/mol. The molecule has 6 rings (SSSR count). The lowest BCUT2D eigenvalue weighted by molar-refractivity contribution is -0.0298. The van der Waals surface area contributed by atoms with E-state index in [1.165, 1.54) is 6.33 Å². The second-order valence-corrected chi connectivity index (χ2v) is 11.0. The highest BCUT2D eigenvalue weighted by atomic mass is 16.5. The van der Waals surface area contributed by atoms with E-state index >= 15 is 0 Å². The van der Waals surface area contributed by atoms with E-state index in [1.807, 2.05) is 49.6 Å². The van der Waals surface area contributed by atoms with E-state index < -0.39 is 5.41 Å². The molecule has 1 aromatic carbocycles. The minimum absolute atomic E-state index is 0.0990. The van der Waals surface area contributed by atoms with Crippen LogP contribution < -0.4 is 10.6 Å². The number of nitriles is 1. The molecule has 5 heterocycles. The second-order valence-electron chi connectivity index (χ2n) is 11.0. The van der Waals surface area contributed by atoms with Crippen LogP contribution in [-0.4, -0.2) is 42.0 Å². The number of imidazole rings is 1. The molecule has 1 unspecified atom stereocenters. The summed E-state index contributed by atoms with van der Waals surface area (Å²) in [4.78, 5) is 36.1. The summed E-state index contributed by atoms with van der Waals surface area (Å²) < 4.78 is 7.94. The molecule has 2 N–H and O–H groups in total. The molecule has 0 radical (unpaired) electrons. The van der Waals surface area contributed by atoms with E-state index in [1.54, 1.807) is 36.8 Å². The van der Waals surface area contributed by atoms with Gasteiger partial charge in [-0.2, -0.15) is 5.26 Å². The molecular weight excluding hydrogens is 542 g/mol. The fraction of sp³-hybridized carbons (Fsp3) is 0.281. The Labute approximate surface area is 249 Å². The van der Waals surface area contributed by atoms with Gasteiger partial charge in [-0.25, -0.2) is 24.9 Å². The predicted molar refractivity (Wildman–Crippen MR) is 163 cm³/mol. The largest absolute Gasteiger partial charge is 0.358 e. The summed E-state index contributed by atoms with van der Waals surface area (Å²) in [5.41, 5.74) is 4.07. The molecule has 0 spiro atoms. The van der Waals surface area contributed by atoms with Gasteiger partial charge in [0, 0.05) is 23.9 Å². The fourth-order valence-corrected chi connectivity index (χ4v) is 5.04. The van der Waals surface area contributed by atoms with E-state index in [0.29, 0.717) is 39.9 Å². The average molecular weight is 574 g/mol. The third-order valence-electron chi connectivity index (χ3n) is 7.59. The normalized spacial score (nSPS) is 15.2. The van der Waals surface area contributed by atoms with Gasteiger partial charge in [0.25, 0.3) is 5.91 Å². The number of rotatable bonds is 7. The van der Waals surface area contributed by atoms with Gasteiger partial charge in [0.15, 0.2) is 5.65 Å². The van der Waals surface area contributed by atoms with Crippen molar-refractivity contribution >= 4 is 34.5 Å². The second kappa shape index (κ2) is 11.6. The molecule has 4 aromatic heterocycles. The average Bonchev–Trinajstić information content (AvgIpc) is 3.48. The van der Waals surface area contributed by atoms with Crippen molar-refractivity contribution in [1.82, 2.24) is 29.5 Å². The summed E-state index contributed by atoms with van der Waals surface area (Å²) in [5.74, 6) is 1.12. The van der Waals surface area contributed by atoms with E-state index in [2.05, 4.69) is 41.6 Å². The van der Waals surface area contributed by atoms with Gasteiger partial charge in [0.05, 0.1) is 17.8 Å². The molecule has 11 heteroatoms. The van der Waals surface area contributed by atoms with E-state index in [-0.39, 0.29) is 12.1 Å². The van der Waals surface area contributed by atoms with Crippen LogP contribution in [0.15, 0.2) is 67.4 Å². The highest BCUT2D eigenvalue weighted by molar-refractivity contribution is 6.04. The molecule has 1 saturated heterocycles. The van der Waals surface area contributed by atoms with Crippen molar-refractivity contribution in [3.8, 4) is 17.3 Å².